The van der Waals surface area contributed by atoms with Crippen LogP contribution >= 0.6 is 0 Å². The molecule has 0 bridgehead atoms. The number of nitrogens with two attached hydrogens (primary N) is 1. The van der Waals surface area contributed by atoms with Gasteiger partial charge in [-0.3, -0.25) is 4.68 Å². The van der Waals surface area contributed by atoms with Gasteiger partial charge in [-0.2, -0.15) is 5.10 Å². The number of hydrogen-bond donors (Lipinski definition) is 2. The third-order valence-electron chi connectivity index (χ3n) is 3.72. The fourth-order valence-corrected chi connectivity index (χ4v) is 2.64. The summed E-state index contributed by atoms with van der Waals surface area (Å²) < 4.78 is 6.95. The van der Waals surface area contributed by atoms with Gasteiger partial charge in [-0.25, -0.2) is 0 Å². The molecule has 2 atom stereocenters. The maximum Gasteiger partial charge on any atom is 0.0728 e. The molecule has 0 amide bonds. The standard InChI is InChI=1S/C13H24N4O/c1-18-7-6-17-10-12(9-15-17)16-13-5-3-2-4-11(13)8-14/h9-11,13,16H,2-8,14H2,1H3. The van der Waals surface area contributed by atoms with Gasteiger partial charge in [-0.05, 0) is 25.3 Å². The summed E-state index contributed by atoms with van der Waals surface area (Å²) in [5.74, 6) is 0.598. The lowest BCUT2D eigenvalue weighted by molar-refractivity contribution is 0.183. The number of methoxy groups -OCH3 is 1. The van der Waals surface area contributed by atoms with Crippen molar-refractivity contribution < 1.29 is 4.74 Å². The summed E-state index contributed by atoms with van der Waals surface area (Å²) in [6, 6.07) is 0.504. The van der Waals surface area contributed by atoms with E-state index in [0.717, 1.165) is 18.8 Å². The molecule has 0 spiro atoms. The van der Waals surface area contributed by atoms with E-state index < -0.39 is 0 Å². The van der Waals surface area contributed by atoms with Crippen LogP contribution in [0, 0.1) is 5.92 Å². The van der Waals surface area contributed by atoms with E-state index in [1.54, 1.807) is 7.11 Å². The lowest BCUT2D eigenvalue weighted by Gasteiger charge is -2.31. The van der Waals surface area contributed by atoms with E-state index in [4.69, 9.17) is 10.5 Å². The first-order valence-electron chi connectivity index (χ1n) is 6.81. The van der Waals surface area contributed by atoms with Gasteiger partial charge in [0.05, 0.1) is 25.0 Å². The van der Waals surface area contributed by atoms with Crippen molar-refractivity contribution in [2.75, 3.05) is 25.6 Å². The highest BCUT2D eigenvalue weighted by atomic mass is 16.5. The molecule has 0 aromatic carbocycles. The van der Waals surface area contributed by atoms with E-state index in [2.05, 4.69) is 10.4 Å². The second kappa shape index (κ2) is 6.75. The van der Waals surface area contributed by atoms with Crippen LogP contribution in [0.1, 0.15) is 25.7 Å². The van der Waals surface area contributed by atoms with Crippen molar-refractivity contribution in [3.8, 4) is 0 Å². The van der Waals surface area contributed by atoms with Gasteiger partial charge in [0.15, 0.2) is 0 Å². The van der Waals surface area contributed by atoms with Gasteiger partial charge in [0.25, 0.3) is 0 Å². The van der Waals surface area contributed by atoms with Crippen LogP contribution < -0.4 is 11.1 Å². The number of rotatable bonds is 6. The van der Waals surface area contributed by atoms with E-state index in [1.165, 1.54) is 25.7 Å². The Labute approximate surface area is 109 Å². The van der Waals surface area contributed by atoms with E-state index in [0.29, 0.717) is 18.6 Å². The highest BCUT2D eigenvalue weighted by Gasteiger charge is 2.23. The molecule has 1 heterocycles. The minimum atomic E-state index is 0.504. The molecular formula is C13H24N4O. The molecule has 1 aliphatic carbocycles. The first-order valence-corrected chi connectivity index (χ1v) is 6.81. The van der Waals surface area contributed by atoms with Crippen molar-refractivity contribution in [1.82, 2.24) is 9.78 Å². The Bertz CT molecular complexity index is 353. The molecule has 18 heavy (non-hydrogen) atoms. The third-order valence-corrected chi connectivity index (χ3v) is 3.72. The predicted molar refractivity (Wildman–Crippen MR) is 72.5 cm³/mol. The molecule has 1 saturated carbocycles. The SMILES string of the molecule is COCCn1cc(NC2CCCCC2CN)cn1. The van der Waals surface area contributed by atoms with Crippen LogP contribution in [0.5, 0.6) is 0 Å². The Morgan fingerprint density at radius 1 is 1.50 bits per heavy atom. The molecule has 0 radical (unpaired) electrons. The zero-order valence-corrected chi connectivity index (χ0v) is 11.1. The Morgan fingerprint density at radius 2 is 2.33 bits per heavy atom. The summed E-state index contributed by atoms with van der Waals surface area (Å²) >= 11 is 0. The molecular weight excluding hydrogens is 228 g/mol. The minimum Gasteiger partial charge on any atom is -0.383 e. The zero-order chi connectivity index (χ0) is 12.8. The van der Waals surface area contributed by atoms with Gasteiger partial charge in [-0.15, -0.1) is 0 Å². The number of ether oxygens (including phenoxy) is 1. The lowest BCUT2D eigenvalue weighted by Crippen LogP contribution is -2.36. The average Bonchev–Trinajstić information content (AvgIpc) is 2.84. The van der Waals surface area contributed by atoms with Crippen LogP contribution in [0.3, 0.4) is 0 Å². The molecule has 1 fully saturated rings. The molecule has 1 aromatic heterocycles. The summed E-state index contributed by atoms with van der Waals surface area (Å²) in [4.78, 5) is 0. The molecule has 1 aliphatic rings. The summed E-state index contributed by atoms with van der Waals surface area (Å²) in [6.45, 7) is 2.26. The Kier molecular flexibility index (Phi) is 5.01. The van der Waals surface area contributed by atoms with Crippen molar-refractivity contribution in [3.05, 3.63) is 12.4 Å². The van der Waals surface area contributed by atoms with Crippen molar-refractivity contribution in [3.63, 3.8) is 0 Å². The summed E-state index contributed by atoms with van der Waals surface area (Å²) in [6.07, 6.45) is 9.00. The van der Waals surface area contributed by atoms with Gasteiger partial charge in [-0.1, -0.05) is 12.8 Å². The van der Waals surface area contributed by atoms with Gasteiger partial charge < -0.3 is 15.8 Å². The molecule has 0 aliphatic heterocycles. The summed E-state index contributed by atoms with van der Waals surface area (Å²) in [5.41, 5.74) is 6.93. The minimum absolute atomic E-state index is 0.504. The maximum atomic E-state index is 5.84. The van der Waals surface area contributed by atoms with E-state index in [-0.39, 0.29) is 0 Å². The molecule has 0 saturated heterocycles. The van der Waals surface area contributed by atoms with Crippen molar-refractivity contribution in [2.24, 2.45) is 11.7 Å². The summed E-state index contributed by atoms with van der Waals surface area (Å²) in [7, 11) is 1.70. The van der Waals surface area contributed by atoms with Crippen LogP contribution in [-0.4, -0.2) is 36.1 Å². The molecule has 1 aromatic rings. The quantitative estimate of drug-likeness (QED) is 0.804. The molecule has 102 valence electrons. The Balaban J connectivity index is 1.89. The van der Waals surface area contributed by atoms with Crippen LogP contribution in [0.4, 0.5) is 5.69 Å². The molecule has 2 rings (SSSR count). The van der Waals surface area contributed by atoms with Crippen LogP contribution in [0.25, 0.3) is 0 Å². The molecule has 5 heteroatoms. The fraction of sp³-hybridized carbons (Fsp3) is 0.769. The molecule has 3 N–H and O–H groups in total. The summed E-state index contributed by atoms with van der Waals surface area (Å²) in [5, 5.41) is 7.89. The fourth-order valence-electron chi connectivity index (χ4n) is 2.64. The first-order chi connectivity index (χ1) is 8.83. The van der Waals surface area contributed by atoms with Gasteiger partial charge in [0.1, 0.15) is 0 Å². The van der Waals surface area contributed by atoms with Gasteiger partial charge in [0, 0.05) is 19.3 Å². The van der Waals surface area contributed by atoms with Gasteiger partial charge >= 0.3 is 0 Å². The number of hydrogen-bond acceptors (Lipinski definition) is 4. The zero-order valence-electron chi connectivity index (χ0n) is 11.1. The van der Waals surface area contributed by atoms with Crippen LogP contribution in [0.2, 0.25) is 0 Å². The Hall–Kier alpha value is -1.07. The van der Waals surface area contributed by atoms with E-state index in [9.17, 15) is 0 Å². The second-order valence-electron chi connectivity index (χ2n) is 5.02. The van der Waals surface area contributed by atoms with Crippen molar-refractivity contribution >= 4 is 5.69 Å². The highest BCUT2D eigenvalue weighted by molar-refractivity contribution is 5.39. The predicted octanol–water partition coefficient (Wildman–Crippen LogP) is 1.46. The van der Waals surface area contributed by atoms with Crippen LogP contribution in [0.15, 0.2) is 12.4 Å². The normalized spacial score (nSPS) is 24.1. The molecule has 5 nitrogen and oxygen atoms in total. The van der Waals surface area contributed by atoms with Crippen molar-refractivity contribution in [1.29, 1.82) is 0 Å². The van der Waals surface area contributed by atoms with Crippen LogP contribution in [-0.2, 0) is 11.3 Å². The number of aromatic nitrogens is 2. The van der Waals surface area contributed by atoms with E-state index in [1.807, 2.05) is 17.1 Å². The monoisotopic (exact) mass is 252 g/mol. The lowest BCUT2D eigenvalue weighted by atomic mass is 9.84. The topological polar surface area (TPSA) is 65.1 Å². The number of anilines is 1. The second-order valence-corrected chi connectivity index (χ2v) is 5.02. The van der Waals surface area contributed by atoms with Crippen molar-refractivity contribution in [2.45, 2.75) is 38.3 Å². The smallest absolute Gasteiger partial charge is 0.0728 e. The third kappa shape index (κ3) is 3.46. The largest absolute Gasteiger partial charge is 0.383 e. The number of nitrogens with zero attached hydrogens (tertiary/aromatic N) is 2. The van der Waals surface area contributed by atoms with E-state index >= 15 is 0 Å². The molecule has 2 unspecified atom stereocenters. The maximum absolute atomic E-state index is 5.84. The van der Waals surface area contributed by atoms with Gasteiger partial charge in [0.2, 0.25) is 0 Å². The first kappa shape index (κ1) is 13.4. The Morgan fingerprint density at radius 3 is 3.11 bits per heavy atom. The highest BCUT2D eigenvalue weighted by Crippen LogP contribution is 2.26. The number of nitrogens with one attached hydrogen (secondary N) is 1. The average molecular weight is 252 g/mol.